The highest BCUT2D eigenvalue weighted by molar-refractivity contribution is 14.1. The first-order valence-corrected chi connectivity index (χ1v) is 6.46. The van der Waals surface area contributed by atoms with E-state index in [4.69, 9.17) is 0 Å². The summed E-state index contributed by atoms with van der Waals surface area (Å²) in [6.07, 6.45) is 4.46. The molecule has 0 bridgehead atoms. The number of nitrogens with one attached hydrogen (secondary N) is 1. The number of aromatic hydroxyl groups is 1. The predicted molar refractivity (Wildman–Crippen MR) is 80.1 cm³/mol. The summed E-state index contributed by atoms with van der Waals surface area (Å²) in [5.74, 6) is -0.217. The van der Waals surface area contributed by atoms with Crippen molar-refractivity contribution >= 4 is 34.7 Å². The van der Waals surface area contributed by atoms with E-state index in [1.165, 1.54) is 18.6 Å². The summed E-state index contributed by atoms with van der Waals surface area (Å²) >= 11 is 2.13. The molecule has 0 aliphatic carbocycles. The molecule has 0 fully saturated rings. The van der Waals surface area contributed by atoms with Crippen LogP contribution < -0.4 is 5.43 Å². The van der Waals surface area contributed by atoms with E-state index in [0.29, 0.717) is 11.1 Å². The minimum atomic E-state index is -0.330. The van der Waals surface area contributed by atoms with E-state index in [0.717, 1.165) is 3.57 Å². The third-order valence-corrected chi connectivity index (χ3v) is 2.97. The number of carbonyl (C=O) groups is 1. The van der Waals surface area contributed by atoms with Gasteiger partial charge in [-0.25, -0.2) is 5.43 Å². The van der Waals surface area contributed by atoms with Crippen molar-refractivity contribution in [2.24, 2.45) is 5.10 Å². The van der Waals surface area contributed by atoms with Crippen LogP contribution in [0.3, 0.4) is 0 Å². The molecule has 0 unspecified atom stereocenters. The van der Waals surface area contributed by atoms with E-state index in [9.17, 15) is 9.90 Å². The first-order chi connectivity index (χ1) is 9.16. The molecule has 2 N–H and O–H groups in total. The van der Waals surface area contributed by atoms with Crippen molar-refractivity contribution in [2.45, 2.75) is 0 Å². The number of rotatable bonds is 3. The lowest BCUT2D eigenvalue weighted by Gasteiger charge is -2.00. The molecule has 0 saturated carbocycles. The van der Waals surface area contributed by atoms with Gasteiger partial charge in [0.2, 0.25) is 0 Å². The summed E-state index contributed by atoms with van der Waals surface area (Å²) < 4.78 is 0.970. The Labute approximate surface area is 123 Å². The number of amides is 1. The van der Waals surface area contributed by atoms with Crippen LogP contribution in [0.15, 0.2) is 47.8 Å². The van der Waals surface area contributed by atoms with Gasteiger partial charge in [0.25, 0.3) is 5.91 Å². The number of phenols is 1. The normalized spacial score (nSPS) is 10.6. The zero-order valence-corrected chi connectivity index (χ0v) is 11.9. The molecule has 0 aliphatic heterocycles. The van der Waals surface area contributed by atoms with Gasteiger partial charge >= 0.3 is 0 Å². The van der Waals surface area contributed by atoms with Gasteiger partial charge in [-0.1, -0.05) is 0 Å². The third kappa shape index (κ3) is 3.75. The van der Waals surface area contributed by atoms with Crippen molar-refractivity contribution in [3.63, 3.8) is 0 Å². The van der Waals surface area contributed by atoms with Crippen LogP contribution in [0.2, 0.25) is 0 Å². The van der Waals surface area contributed by atoms with Gasteiger partial charge in [-0.05, 0) is 52.9 Å². The van der Waals surface area contributed by atoms with Crippen molar-refractivity contribution < 1.29 is 9.90 Å². The molecule has 2 rings (SSSR count). The van der Waals surface area contributed by atoms with Crippen molar-refractivity contribution in [1.82, 2.24) is 10.4 Å². The summed E-state index contributed by atoms with van der Waals surface area (Å²) in [5, 5.41) is 13.4. The molecule has 1 aromatic heterocycles. The fourth-order valence-corrected chi connectivity index (χ4v) is 1.87. The number of halogens is 1. The number of carbonyl (C=O) groups excluding carboxylic acids is 1. The summed E-state index contributed by atoms with van der Waals surface area (Å²) in [7, 11) is 0. The summed E-state index contributed by atoms with van der Waals surface area (Å²) in [4.78, 5) is 15.5. The van der Waals surface area contributed by atoms with Gasteiger partial charge in [-0.2, -0.15) is 5.10 Å². The van der Waals surface area contributed by atoms with Crippen molar-refractivity contribution in [1.29, 1.82) is 0 Å². The first-order valence-electron chi connectivity index (χ1n) is 5.39. The Kier molecular flexibility index (Phi) is 4.45. The van der Waals surface area contributed by atoms with Crippen LogP contribution >= 0.6 is 22.6 Å². The molecule has 0 aliphatic rings. The number of phenolic OH excluding ortho intramolecular Hbond substituents is 1. The van der Waals surface area contributed by atoms with Gasteiger partial charge in [0.15, 0.2) is 0 Å². The quantitative estimate of drug-likeness (QED) is 0.496. The second kappa shape index (κ2) is 6.28. The molecule has 0 saturated heterocycles. The second-order valence-corrected chi connectivity index (χ2v) is 4.88. The van der Waals surface area contributed by atoms with E-state index < -0.39 is 0 Å². The zero-order chi connectivity index (χ0) is 13.7. The van der Waals surface area contributed by atoms with Gasteiger partial charge in [0.1, 0.15) is 5.75 Å². The van der Waals surface area contributed by atoms with Crippen molar-refractivity contribution in [3.05, 3.63) is 57.4 Å². The highest BCUT2D eigenvalue weighted by Gasteiger charge is 2.03. The molecule has 1 aromatic carbocycles. The minimum absolute atomic E-state index is 0.113. The lowest BCUT2D eigenvalue weighted by atomic mass is 10.2. The fraction of sp³-hybridized carbons (Fsp3) is 0. The molecule has 96 valence electrons. The molecule has 5 nitrogen and oxygen atoms in total. The van der Waals surface area contributed by atoms with Crippen LogP contribution in [0.25, 0.3) is 0 Å². The van der Waals surface area contributed by atoms with Crippen LogP contribution in [-0.4, -0.2) is 22.2 Å². The van der Waals surface area contributed by atoms with Gasteiger partial charge in [0, 0.05) is 27.1 Å². The third-order valence-electron chi connectivity index (χ3n) is 2.30. The molecule has 0 spiro atoms. The van der Waals surface area contributed by atoms with E-state index in [1.54, 1.807) is 30.3 Å². The second-order valence-electron chi connectivity index (χ2n) is 3.64. The number of hydrazone groups is 1. The van der Waals surface area contributed by atoms with Gasteiger partial charge in [-0.3, -0.25) is 9.78 Å². The van der Waals surface area contributed by atoms with E-state index in [1.807, 2.05) is 0 Å². The largest absolute Gasteiger partial charge is 0.507 e. The van der Waals surface area contributed by atoms with E-state index in [2.05, 4.69) is 38.1 Å². The summed E-state index contributed by atoms with van der Waals surface area (Å²) in [5.41, 5.74) is 3.40. The average molecular weight is 367 g/mol. The maximum atomic E-state index is 11.7. The molecule has 0 radical (unpaired) electrons. The molecule has 2 aromatic rings. The Balaban J connectivity index is 2.04. The maximum absolute atomic E-state index is 11.7. The van der Waals surface area contributed by atoms with Crippen LogP contribution in [0, 0.1) is 3.57 Å². The highest BCUT2D eigenvalue weighted by Crippen LogP contribution is 2.17. The number of hydrogen-bond acceptors (Lipinski definition) is 4. The van der Waals surface area contributed by atoms with Crippen molar-refractivity contribution in [2.75, 3.05) is 0 Å². The zero-order valence-electron chi connectivity index (χ0n) is 9.75. The number of aromatic nitrogens is 1. The Bertz CT molecular complexity index is 615. The van der Waals surface area contributed by atoms with Crippen LogP contribution in [0.1, 0.15) is 15.9 Å². The van der Waals surface area contributed by atoms with Crippen LogP contribution in [0.4, 0.5) is 0 Å². The molecule has 1 amide bonds. The molecule has 6 heteroatoms. The SMILES string of the molecule is O=C(N/N=C\c1cc(I)ccc1O)c1ccncc1. The first kappa shape index (κ1) is 13.5. The smallest absolute Gasteiger partial charge is 0.271 e. The highest BCUT2D eigenvalue weighted by atomic mass is 127. The number of benzene rings is 1. The standard InChI is InChI=1S/C13H10IN3O2/c14-11-1-2-12(18)10(7-11)8-16-17-13(19)9-3-5-15-6-4-9/h1-8,18H,(H,17,19)/b16-8-. The Hall–Kier alpha value is -1.96. The molecule has 0 atom stereocenters. The van der Waals surface area contributed by atoms with Crippen molar-refractivity contribution in [3.8, 4) is 5.75 Å². The molecular formula is C13H10IN3O2. The minimum Gasteiger partial charge on any atom is -0.507 e. The number of pyridine rings is 1. The van der Waals surface area contributed by atoms with E-state index in [-0.39, 0.29) is 11.7 Å². The van der Waals surface area contributed by atoms with Gasteiger partial charge < -0.3 is 5.11 Å². The average Bonchev–Trinajstić information content (AvgIpc) is 2.43. The summed E-state index contributed by atoms with van der Waals surface area (Å²) in [6.45, 7) is 0. The monoisotopic (exact) mass is 367 g/mol. The van der Waals surface area contributed by atoms with Gasteiger partial charge in [-0.15, -0.1) is 0 Å². The van der Waals surface area contributed by atoms with E-state index >= 15 is 0 Å². The van der Waals surface area contributed by atoms with Crippen LogP contribution in [0.5, 0.6) is 5.75 Å². The number of nitrogens with zero attached hydrogens (tertiary/aromatic N) is 2. The lowest BCUT2D eigenvalue weighted by Crippen LogP contribution is -2.17. The fourth-order valence-electron chi connectivity index (χ4n) is 1.36. The Morgan fingerprint density at radius 2 is 2.05 bits per heavy atom. The van der Waals surface area contributed by atoms with Crippen LogP contribution in [-0.2, 0) is 0 Å². The maximum Gasteiger partial charge on any atom is 0.271 e. The Morgan fingerprint density at radius 3 is 2.79 bits per heavy atom. The molecular weight excluding hydrogens is 357 g/mol. The summed E-state index contributed by atoms with van der Waals surface area (Å²) in [6, 6.07) is 8.30. The molecule has 1 heterocycles. The number of hydrogen-bond donors (Lipinski definition) is 2. The molecule has 19 heavy (non-hydrogen) atoms. The topological polar surface area (TPSA) is 74.6 Å². The van der Waals surface area contributed by atoms with Gasteiger partial charge in [0.05, 0.1) is 6.21 Å². The lowest BCUT2D eigenvalue weighted by molar-refractivity contribution is 0.0955. The Morgan fingerprint density at radius 1 is 1.32 bits per heavy atom. The predicted octanol–water partition coefficient (Wildman–Crippen LogP) is 2.16.